The summed E-state index contributed by atoms with van der Waals surface area (Å²) in [5, 5.41) is 0. The van der Waals surface area contributed by atoms with Crippen molar-refractivity contribution in [1.82, 2.24) is 4.31 Å². The minimum Gasteiger partial charge on any atom is -0.379 e. The Kier molecular flexibility index (Phi) is 4.39. The molecule has 3 rings (SSSR count). The summed E-state index contributed by atoms with van der Waals surface area (Å²) in [7, 11) is -6.88. The molecule has 2 aliphatic rings. The van der Waals surface area contributed by atoms with Crippen LogP contribution in [0.2, 0.25) is 0 Å². The Morgan fingerprint density at radius 2 is 1.78 bits per heavy atom. The highest BCUT2D eigenvalue weighted by Gasteiger charge is 2.31. The highest BCUT2D eigenvalue weighted by molar-refractivity contribution is 7.92. The quantitative estimate of drug-likeness (QED) is 0.777. The zero-order chi connectivity index (χ0) is 16.7. The molecule has 23 heavy (non-hydrogen) atoms. The summed E-state index contributed by atoms with van der Waals surface area (Å²) in [6.07, 6.45) is 0.529. The van der Waals surface area contributed by atoms with Crippen LogP contribution in [0.3, 0.4) is 0 Å². The van der Waals surface area contributed by atoms with Crippen molar-refractivity contribution in [1.29, 1.82) is 0 Å². The van der Waals surface area contributed by atoms with Gasteiger partial charge in [-0.2, -0.15) is 4.31 Å². The maximum Gasteiger partial charge on any atom is 0.243 e. The highest BCUT2D eigenvalue weighted by Crippen LogP contribution is 2.33. The zero-order valence-corrected chi connectivity index (χ0v) is 14.6. The number of benzene rings is 1. The third-order valence-corrected chi connectivity index (χ3v) is 7.89. The van der Waals surface area contributed by atoms with Gasteiger partial charge in [-0.3, -0.25) is 4.31 Å². The zero-order valence-electron chi connectivity index (χ0n) is 12.9. The van der Waals surface area contributed by atoms with Crippen molar-refractivity contribution >= 4 is 25.7 Å². The molecule has 0 amide bonds. The first-order valence-electron chi connectivity index (χ1n) is 7.57. The van der Waals surface area contributed by atoms with E-state index in [1.807, 2.05) is 0 Å². The van der Waals surface area contributed by atoms with Gasteiger partial charge in [0.25, 0.3) is 0 Å². The summed E-state index contributed by atoms with van der Waals surface area (Å²) in [6.45, 7) is 3.45. The lowest BCUT2D eigenvalue weighted by atomic mass is 10.2. The first-order chi connectivity index (χ1) is 10.9. The van der Waals surface area contributed by atoms with Gasteiger partial charge in [0.15, 0.2) is 0 Å². The van der Waals surface area contributed by atoms with Crippen LogP contribution in [-0.4, -0.2) is 59.7 Å². The average Bonchev–Trinajstić information content (AvgIpc) is 2.99. The minimum atomic E-state index is -3.56. The number of fused-ring (bicyclic) bond motifs is 1. The predicted molar refractivity (Wildman–Crippen MR) is 86.5 cm³/mol. The molecule has 9 heteroatoms. The van der Waals surface area contributed by atoms with E-state index < -0.39 is 20.0 Å². The molecule has 2 heterocycles. The van der Waals surface area contributed by atoms with Crippen molar-refractivity contribution in [2.24, 2.45) is 0 Å². The highest BCUT2D eigenvalue weighted by atomic mass is 32.2. The van der Waals surface area contributed by atoms with Gasteiger partial charge in [-0.05, 0) is 37.1 Å². The summed E-state index contributed by atoms with van der Waals surface area (Å²) in [6, 6.07) is 4.70. The fourth-order valence-electron chi connectivity index (χ4n) is 2.89. The fourth-order valence-corrected chi connectivity index (χ4v) is 5.51. The van der Waals surface area contributed by atoms with Gasteiger partial charge in [0.2, 0.25) is 20.0 Å². The van der Waals surface area contributed by atoms with Gasteiger partial charge in [0, 0.05) is 19.6 Å². The van der Waals surface area contributed by atoms with Crippen LogP contribution in [0.15, 0.2) is 23.1 Å². The fraction of sp³-hybridized carbons (Fsp3) is 0.571. The van der Waals surface area contributed by atoms with E-state index in [0.717, 1.165) is 5.56 Å². The van der Waals surface area contributed by atoms with Crippen molar-refractivity contribution in [2.45, 2.75) is 18.2 Å². The Hall–Kier alpha value is -1.16. The van der Waals surface area contributed by atoms with Crippen molar-refractivity contribution in [3.8, 4) is 0 Å². The monoisotopic (exact) mass is 360 g/mol. The second-order valence-corrected chi connectivity index (χ2v) is 9.65. The maximum absolute atomic E-state index is 12.7. The molecular weight excluding hydrogens is 340 g/mol. The summed E-state index contributed by atoms with van der Waals surface area (Å²) < 4.78 is 57.4. The molecule has 0 atom stereocenters. The Labute approximate surface area is 136 Å². The number of rotatable bonds is 4. The molecule has 1 aromatic carbocycles. The minimum absolute atomic E-state index is 0.0280. The van der Waals surface area contributed by atoms with Gasteiger partial charge in [-0.15, -0.1) is 0 Å². The Balaban J connectivity index is 1.94. The number of ether oxygens (including phenoxy) is 1. The number of nitrogens with zero attached hydrogens (tertiary/aromatic N) is 2. The van der Waals surface area contributed by atoms with E-state index in [4.69, 9.17) is 4.74 Å². The van der Waals surface area contributed by atoms with Gasteiger partial charge in [-0.1, -0.05) is 0 Å². The number of sulfonamides is 2. The van der Waals surface area contributed by atoms with Crippen LogP contribution in [0.4, 0.5) is 5.69 Å². The molecule has 0 N–H and O–H groups in total. The molecule has 0 unspecified atom stereocenters. The lowest BCUT2D eigenvalue weighted by Gasteiger charge is -2.26. The SMILES string of the molecule is CCS(=O)(=O)N1CCc2cc(S(=O)(=O)N3CCOCC3)ccc21. The molecule has 0 bridgehead atoms. The van der Waals surface area contributed by atoms with Crippen LogP contribution < -0.4 is 4.31 Å². The second-order valence-electron chi connectivity index (χ2n) is 5.53. The smallest absolute Gasteiger partial charge is 0.243 e. The number of hydrogen-bond acceptors (Lipinski definition) is 5. The summed E-state index contributed by atoms with van der Waals surface area (Å²) in [5.74, 6) is 0.0280. The van der Waals surface area contributed by atoms with Crippen LogP contribution in [0, 0.1) is 0 Å². The Morgan fingerprint density at radius 1 is 1.09 bits per heavy atom. The first kappa shape index (κ1) is 16.7. The largest absolute Gasteiger partial charge is 0.379 e. The maximum atomic E-state index is 12.7. The molecule has 2 aliphatic heterocycles. The molecule has 1 aromatic rings. The normalized spacial score (nSPS) is 19.8. The van der Waals surface area contributed by atoms with Crippen LogP contribution in [0.1, 0.15) is 12.5 Å². The van der Waals surface area contributed by atoms with Crippen LogP contribution >= 0.6 is 0 Å². The van der Waals surface area contributed by atoms with E-state index in [0.29, 0.717) is 45.0 Å². The number of hydrogen-bond donors (Lipinski definition) is 0. The number of anilines is 1. The molecule has 0 aliphatic carbocycles. The lowest BCUT2D eigenvalue weighted by molar-refractivity contribution is 0.0730. The van der Waals surface area contributed by atoms with Crippen LogP contribution in [-0.2, 0) is 31.2 Å². The van der Waals surface area contributed by atoms with Gasteiger partial charge in [-0.25, -0.2) is 16.8 Å². The van der Waals surface area contributed by atoms with Crippen LogP contribution in [0.25, 0.3) is 0 Å². The van der Waals surface area contributed by atoms with E-state index in [-0.39, 0.29) is 10.6 Å². The standard InChI is InChI=1S/C14H20N2O5S2/c1-2-22(17,18)16-6-5-12-11-13(3-4-14(12)16)23(19,20)15-7-9-21-10-8-15/h3-4,11H,2,5-10H2,1H3. The molecular formula is C14H20N2O5S2. The van der Waals surface area contributed by atoms with Crippen molar-refractivity contribution < 1.29 is 21.6 Å². The van der Waals surface area contributed by atoms with E-state index in [1.165, 1.54) is 14.7 Å². The topological polar surface area (TPSA) is 84.0 Å². The number of morpholine rings is 1. The second kappa shape index (κ2) is 6.04. The van der Waals surface area contributed by atoms with Gasteiger partial charge in [0.1, 0.15) is 0 Å². The third-order valence-electron chi connectivity index (χ3n) is 4.21. The summed E-state index contributed by atoms with van der Waals surface area (Å²) >= 11 is 0. The van der Waals surface area contributed by atoms with Crippen LogP contribution in [0.5, 0.6) is 0 Å². The predicted octanol–water partition coefficient (Wildman–Crippen LogP) is 0.420. The van der Waals surface area contributed by atoms with Crippen molar-refractivity contribution in [3.63, 3.8) is 0 Å². The molecule has 0 saturated carbocycles. The molecule has 0 aromatic heterocycles. The molecule has 0 radical (unpaired) electrons. The summed E-state index contributed by atoms with van der Waals surface area (Å²) in [4.78, 5) is 0.217. The Morgan fingerprint density at radius 3 is 2.43 bits per heavy atom. The van der Waals surface area contributed by atoms with Crippen molar-refractivity contribution in [3.05, 3.63) is 23.8 Å². The molecule has 1 saturated heterocycles. The van der Waals surface area contributed by atoms with Gasteiger partial charge in [0.05, 0.1) is 29.5 Å². The van der Waals surface area contributed by atoms with E-state index in [9.17, 15) is 16.8 Å². The van der Waals surface area contributed by atoms with Gasteiger partial charge >= 0.3 is 0 Å². The average molecular weight is 360 g/mol. The van der Waals surface area contributed by atoms with E-state index in [2.05, 4.69) is 0 Å². The van der Waals surface area contributed by atoms with E-state index in [1.54, 1.807) is 19.1 Å². The lowest BCUT2D eigenvalue weighted by Crippen LogP contribution is -2.40. The third kappa shape index (κ3) is 2.98. The van der Waals surface area contributed by atoms with Crippen molar-refractivity contribution in [2.75, 3.05) is 42.9 Å². The molecule has 1 fully saturated rings. The van der Waals surface area contributed by atoms with Gasteiger partial charge < -0.3 is 4.74 Å². The van der Waals surface area contributed by atoms with E-state index >= 15 is 0 Å². The molecule has 7 nitrogen and oxygen atoms in total. The molecule has 0 spiro atoms. The Bertz CT molecular complexity index is 798. The first-order valence-corrected chi connectivity index (χ1v) is 10.6. The summed E-state index contributed by atoms with van der Waals surface area (Å²) in [5.41, 5.74) is 1.35. The molecule has 128 valence electrons.